The summed E-state index contributed by atoms with van der Waals surface area (Å²) in [5.41, 5.74) is -0.00584. The van der Waals surface area contributed by atoms with Crippen LogP contribution in [-0.4, -0.2) is 28.9 Å². The first kappa shape index (κ1) is 20.2. The summed E-state index contributed by atoms with van der Waals surface area (Å²) < 4.78 is 0. The molecule has 1 rings (SSSR count). The fraction of sp³-hybridized carbons (Fsp3) is 0.588. The molecule has 2 atom stereocenters. The summed E-state index contributed by atoms with van der Waals surface area (Å²) in [5, 5.41) is 16.5. The van der Waals surface area contributed by atoms with Crippen LogP contribution < -0.4 is 10.6 Å². The van der Waals surface area contributed by atoms with E-state index in [9.17, 15) is 19.5 Å². The molecule has 2 amide bonds. The summed E-state index contributed by atoms with van der Waals surface area (Å²) in [4.78, 5) is 35.8. The molecule has 0 spiro atoms. The second kappa shape index (κ2) is 8.82. The summed E-state index contributed by atoms with van der Waals surface area (Å²) >= 11 is 1.44. The van der Waals surface area contributed by atoms with Crippen LogP contribution in [0.25, 0.3) is 0 Å². The van der Waals surface area contributed by atoms with Crippen molar-refractivity contribution in [3.63, 3.8) is 0 Å². The Morgan fingerprint density at radius 2 is 1.92 bits per heavy atom. The third kappa shape index (κ3) is 7.59. The highest BCUT2D eigenvalue weighted by Crippen LogP contribution is 2.23. The highest BCUT2D eigenvalue weighted by molar-refractivity contribution is 7.10. The number of aliphatic carboxylic acids is 1. The lowest BCUT2D eigenvalue weighted by Gasteiger charge is -2.22. The molecule has 24 heavy (non-hydrogen) atoms. The molecular formula is C17H26N2O4S. The summed E-state index contributed by atoms with van der Waals surface area (Å²) in [5.74, 6) is -1.66. The van der Waals surface area contributed by atoms with Gasteiger partial charge in [0, 0.05) is 11.8 Å². The maximum Gasteiger partial charge on any atom is 0.326 e. The average Bonchev–Trinajstić information content (AvgIpc) is 2.94. The Morgan fingerprint density at radius 3 is 2.38 bits per heavy atom. The second-order valence-electron chi connectivity index (χ2n) is 7.03. The number of hydrogen-bond acceptors (Lipinski definition) is 4. The molecule has 2 unspecified atom stereocenters. The van der Waals surface area contributed by atoms with Crippen LogP contribution in [0.2, 0.25) is 0 Å². The lowest BCUT2D eigenvalue weighted by Crippen LogP contribution is -2.42. The van der Waals surface area contributed by atoms with Gasteiger partial charge in [-0.2, -0.15) is 0 Å². The zero-order valence-electron chi connectivity index (χ0n) is 14.6. The van der Waals surface area contributed by atoms with Crippen LogP contribution in [0.5, 0.6) is 0 Å². The van der Waals surface area contributed by atoms with Crippen LogP contribution in [-0.2, 0) is 14.4 Å². The number of carboxylic acids is 1. The Bertz CT molecular complexity index is 564. The molecule has 0 radical (unpaired) electrons. The summed E-state index contributed by atoms with van der Waals surface area (Å²) in [7, 11) is 0. The van der Waals surface area contributed by atoms with Gasteiger partial charge in [-0.05, 0) is 29.7 Å². The van der Waals surface area contributed by atoms with Crippen molar-refractivity contribution >= 4 is 29.1 Å². The van der Waals surface area contributed by atoms with E-state index in [4.69, 9.17) is 0 Å². The molecule has 0 fully saturated rings. The van der Waals surface area contributed by atoms with Gasteiger partial charge >= 0.3 is 5.97 Å². The minimum Gasteiger partial charge on any atom is -0.480 e. The zero-order chi connectivity index (χ0) is 18.3. The van der Waals surface area contributed by atoms with E-state index in [0.29, 0.717) is 12.8 Å². The molecule has 7 heteroatoms. The number of carbonyl (C=O) groups is 3. The first-order valence-corrected chi connectivity index (χ1v) is 8.79. The first-order valence-electron chi connectivity index (χ1n) is 7.91. The van der Waals surface area contributed by atoms with E-state index in [1.807, 2.05) is 38.3 Å². The van der Waals surface area contributed by atoms with Gasteiger partial charge in [0.15, 0.2) is 0 Å². The molecule has 1 aromatic heterocycles. The highest BCUT2D eigenvalue weighted by atomic mass is 32.1. The highest BCUT2D eigenvalue weighted by Gasteiger charge is 2.25. The van der Waals surface area contributed by atoms with Gasteiger partial charge in [0.2, 0.25) is 11.8 Å². The van der Waals surface area contributed by atoms with Crippen molar-refractivity contribution in [1.82, 2.24) is 10.6 Å². The van der Waals surface area contributed by atoms with E-state index in [0.717, 1.165) is 4.88 Å². The van der Waals surface area contributed by atoms with Gasteiger partial charge in [-0.1, -0.05) is 26.8 Å². The number of carboxylic acid groups (broad SMARTS) is 1. The van der Waals surface area contributed by atoms with E-state index in [1.165, 1.54) is 18.3 Å². The maximum atomic E-state index is 12.2. The largest absolute Gasteiger partial charge is 0.480 e. The molecule has 0 saturated carbocycles. The SMILES string of the molecule is CC(=O)NC(CC(=O)NC(CCC(C)(C)C)C(=O)O)c1cccs1. The van der Waals surface area contributed by atoms with Gasteiger partial charge in [-0.15, -0.1) is 11.3 Å². The Kier molecular flexibility index (Phi) is 7.41. The lowest BCUT2D eigenvalue weighted by molar-refractivity contribution is -0.142. The van der Waals surface area contributed by atoms with Crippen LogP contribution in [0.4, 0.5) is 0 Å². The van der Waals surface area contributed by atoms with Crippen molar-refractivity contribution in [1.29, 1.82) is 0 Å². The molecule has 0 bridgehead atoms. The van der Waals surface area contributed by atoms with Gasteiger partial charge in [-0.25, -0.2) is 4.79 Å². The Morgan fingerprint density at radius 1 is 1.25 bits per heavy atom. The van der Waals surface area contributed by atoms with Crippen molar-refractivity contribution in [2.24, 2.45) is 5.41 Å². The minimum atomic E-state index is -1.04. The third-order valence-electron chi connectivity index (χ3n) is 3.47. The number of carbonyl (C=O) groups excluding carboxylic acids is 2. The fourth-order valence-corrected chi connectivity index (χ4v) is 3.01. The number of rotatable bonds is 8. The topological polar surface area (TPSA) is 95.5 Å². The Hall–Kier alpha value is -1.89. The summed E-state index contributed by atoms with van der Waals surface area (Å²) in [6.07, 6.45) is 1.07. The molecule has 6 nitrogen and oxygen atoms in total. The van der Waals surface area contributed by atoms with Crippen LogP contribution in [0.15, 0.2) is 17.5 Å². The molecule has 0 saturated heterocycles. The predicted octanol–water partition coefficient (Wildman–Crippen LogP) is 2.71. The molecule has 0 aromatic carbocycles. The van der Waals surface area contributed by atoms with Gasteiger partial charge < -0.3 is 15.7 Å². The second-order valence-corrected chi connectivity index (χ2v) is 8.01. The molecule has 1 heterocycles. The van der Waals surface area contributed by atoms with Crippen molar-refractivity contribution in [3.8, 4) is 0 Å². The first-order chi connectivity index (χ1) is 11.1. The van der Waals surface area contributed by atoms with Gasteiger partial charge in [0.05, 0.1) is 12.5 Å². The number of hydrogen-bond donors (Lipinski definition) is 3. The van der Waals surface area contributed by atoms with E-state index in [-0.39, 0.29) is 23.7 Å². The van der Waals surface area contributed by atoms with E-state index in [1.54, 1.807) is 0 Å². The van der Waals surface area contributed by atoms with Crippen molar-refractivity contribution in [3.05, 3.63) is 22.4 Å². The molecule has 0 aliphatic carbocycles. The van der Waals surface area contributed by atoms with E-state index >= 15 is 0 Å². The van der Waals surface area contributed by atoms with E-state index < -0.39 is 18.1 Å². The van der Waals surface area contributed by atoms with E-state index in [2.05, 4.69) is 10.6 Å². The lowest BCUT2D eigenvalue weighted by atomic mass is 9.88. The molecule has 3 N–H and O–H groups in total. The molecule has 134 valence electrons. The molecule has 0 aliphatic heterocycles. The summed E-state index contributed by atoms with van der Waals surface area (Å²) in [6, 6.07) is 2.32. The van der Waals surface area contributed by atoms with Crippen LogP contribution in [0, 0.1) is 5.41 Å². The number of thiophene rings is 1. The molecular weight excluding hydrogens is 328 g/mol. The van der Waals surface area contributed by atoms with Crippen molar-refractivity contribution < 1.29 is 19.5 Å². The smallest absolute Gasteiger partial charge is 0.326 e. The number of nitrogens with one attached hydrogen (secondary N) is 2. The van der Waals surface area contributed by atoms with Crippen molar-refractivity contribution in [2.75, 3.05) is 0 Å². The standard InChI is InChI=1S/C17H26N2O4S/c1-11(20)18-13(14-6-5-9-24-14)10-15(21)19-12(16(22)23)7-8-17(2,3)4/h5-6,9,12-13H,7-8,10H2,1-4H3,(H,18,20)(H,19,21)(H,22,23). The van der Waals surface area contributed by atoms with Gasteiger partial charge in [0.1, 0.15) is 6.04 Å². The third-order valence-corrected chi connectivity index (χ3v) is 4.46. The Balaban J connectivity index is 2.68. The molecule has 0 aliphatic rings. The Labute approximate surface area is 146 Å². The average molecular weight is 354 g/mol. The monoisotopic (exact) mass is 354 g/mol. The van der Waals surface area contributed by atoms with Gasteiger partial charge in [-0.3, -0.25) is 9.59 Å². The normalized spacial score (nSPS) is 13.8. The van der Waals surface area contributed by atoms with Crippen molar-refractivity contribution in [2.45, 2.75) is 59.0 Å². The minimum absolute atomic E-state index is 0.00584. The fourth-order valence-electron chi connectivity index (χ4n) is 2.23. The molecule has 1 aromatic rings. The zero-order valence-corrected chi connectivity index (χ0v) is 15.4. The van der Waals surface area contributed by atoms with Crippen LogP contribution >= 0.6 is 11.3 Å². The van der Waals surface area contributed by atoms with Gasteiger partial charge in [0.25, 0.3) is 0 Å². The van der Waals surface area contributed by atoms with Crippen LogP contribution in [0.3, 0.4) is 0 Å². The quantitative estimate of drug-likeness (QED) is 0.669. The predicted molar refractivity (Wildman–Crippen MR) is 93.7 cm³/mol. The summed E-state index contributed by atoms with van der Waals surface area (Å²) in [6.45, 7) is 7.47. The maximum absolute atomic E-state index is 12.2. The van der Waals surface area contributed by atoms with Crippen LogP contribution in [0.1, 0.15) is 57.9 Å². The number of amides is 2.